The first kappa shape index (κ1) is 9.77. The van der Waals surface area contributed by atoms with E-state index in [0.29, 0.717) is 5.56 Å². The number of aryl methyl sites for hydroxylation is 1. The first-order valence-electron chi connectivity index (χ1n) is 5.05. The van der Waals surface area contributed by atoms with E-state index in [1.807, 2.05) is 12.1 Å². The van der Waals surface area contributed by atoms with Crippen LogP contribution in [0.1, 0.15) is 29.4 Å². The molecular formula is C12H13NO2. The van der Waals surface area contributed by atoms with E-state index in [1.165, 1.54) is 0 Å². The monoisotopic (exact) mass is 203 g/mol. The minimum absolute atomic E-state index is 0.338. The number of fused-ring (bicyclic) bond motifs is 1. The van der Waals surface area contributed by atoms with Gasteiger partial charge in [-0.15, -0.1) is 0 Å². The van der Waals surface area contributed by atoms with Gasteiger partial charge < -0.3 is 10.1 Å². The molecule has 3 nitrogen and oxygen atoms in total. The van der Waals surface area contributed by atoms with Crippen molar-refractivity contribution in [3.63, 3.8) is 0 Å². The van der Waals surface area contributed by atoms with Crippen LogP contribution < -0.4 is 0 Å². The molecule has 2 aromatic rings. The summed E-state index contributed by atoms with van der Waals surface area (Å²) < 4.78 is 0. The average Bonchev–Trinajstić information content (AvgIpc) is 2.59. The first-order chi connectivity index (χ1) is 7.20. The lowest BCUT2D eigenvalue weighted by Gasteiger charge is -1.93. The van der Waals surface area contributed by atoms with Gasteiger partial charge in [0, 0.05) is 16.6 Å². The zero-order valence-electron chi connectivity index (χ0n) is 8.58. The highest BCUT2D eigenvalue weighted by molar-refractivity contribution is 5.93. The van der Waals surface area contributed by atoms with E-state index in [0.717, 1.165) is 29.4 Å². The molecule has 1 aromatic heterocycles. The summed E-state index contributed by atoms with van der Waals surface area (Å²) >= 11 is 0. The summed E-state index contributed by atoms with van der Waals surface area (Å²) in [5, 5.41) is 9.81. The molecule has 0 saturated carbocycles. The Morgan fingerprint density at radius 1 is 1.40 bits per heavy atom. The number of rotatable bonds is 3. The van der Waals surface area contributed by atoms with Gasteiger partial charge in [-0.05, 0) is 30.7 Å². The Hall–Kier alpha value is -1.77. The topological polar surface area (TPSA) is 53.1 Å². The Kier molecular flexibility index (Phi) is 2.46. The molecule has 2 N–H and O–H groups in total. The van der Waals surface area contributed by atoms with E-state index in [1.54, 1.807) is 12.1 Å². The Labute approximate surface area is 87.7 Å². The number of carbonyl (C=O) groups is 1. The smallest absolute Gasteiger partial charge is 0.335 e. The van der Waals surface area contributed by atoms with E-state index in [-0.39, 0.29) is 0 Å². The van der Waals surface area contributed by atoms with Crippen LogP contribution in [-0.4, -0.2) is 16.1 Å². The van der Waals surface area contributed by atoms with Gasteiger partial charge >= 0.3 is 5.97 Å². The van der Waals surface area contributed by atoms with Gasteiger partial charge in [0.05, 0.1) is 5.56 Å². The van der Waals surface area contributed by atoms with Gasteiger partial charge in [0.25, 0.3) is 0 Å². The van der Waals surface area contributed by atoms with Crippen molar-refractivity contribution < 1.29 is 9.90 Å². The quantitative estimate of drug-likeness (QED) is 0.805. The molecule has 3 heteroatoms. The molecule has 1 heterocycles. The Balaban J connectivity index is 2.47. The molecule has 0 fully saturated rings. The number of aromatic carboxylic acids is 1. The predicted molar refractivity (Wildman–Crippen MR) is 59.3 cm³/mol. The molecule has 78 valence electrons. The zero-order chi connectivity index (χ0) is 10.8. The molecule has 2 rings (SSSR count). The molecule has 1 aromatic carbocycles. The van der Waals surface area contributed by atoms with Gasteiger partial charge in [-0.2, -0.15) is 0 Å². The molecule has 0 radical (unpaired) electrons. The number of nitrogens with one attached hydrogen (secondary N) is 1. The number of carboxylic acids is 1. The van der Waals surface area contributed by atoms with Crippen molar-refractivity contribution in [2.45, 2.75) is 19.8 Å². The van der Waals surface area contributed by atoms with E-state index in [4.69, 9.17) is 5.11 Å². The fourth-order valence-corrected chi connectivity index (χ4v) is 1.73. The molecule has 0 bridgehead atoms. The standard InChI is InChI=1S/C12H13NO2/c1-2-3-10-7-9-6-8(12(14)15)4-5-11(9)13-10/h4-7,13H,2-3H2,1H3,(H,14,15). The molecular weight excluding hydrogens is 190 g/mol. The summed E-state index contributed by atoms with van der Waals surface area (Å²) in [6, 6.07) is 7.16. The van der Waals surface area contributed by atoms with E-state index in [2.05, 4.69) is 11.9 Å². The molecule has 0 aliphatic heterocycles. The highest BCUT2D eigenvalue weighted by atomic mass is 16.4. The van der Waals surface area contributed by atoms with Crippen molar-refractivity contribution in [3.05, 3.63) is 35.5 Å². The molecule has 0 atom stereocenters. The van der Waals surface area contributed by atoms with Crippen LogP contribution in [-0.2, 0) is 6.42 Å². The first-order valence-corrected chi connectivity index (χ1v) is 5.05. The second-order valence-corrected chi connectivity index (χ2v) is 3.65. The fourth-order valence-electron chi connectivity index (χ4n) is 1.73. The second-order valence-electron chi connectivity index (χ2n) is 3.65. The largest absolute Gasteiger partial charge is 0.478 e. The van der Waals surface area contributed by atoms with Gasteiger partial charge in [-0.25, -0.2) is 4.79 Å². The Morgan fingerprint density at radius 3 is 2.87 bits per heavy atom. The number of hydrogen-bond acceptors (Lipinski definition) is 1. The van der Waals surface area contributed by atoms with Crippen LogP contribution in [0.4, 0.5) is 0 Å². The molecule has 0 spiro atoms. The summed E-state index contributed by atoms with van der Waals surface area (Å²) in [6.07, 6.45) is 2.08. The molecule has 0 amide bonds. The normalized spacial score (nSPS) is 10.7. The predicted octanol–water partition coefficient (Wildman–Crippen LogP) is 2.82. The second kappa shape index (κ2) is 3.77. The van der Waals surface area contributed by atoms with Crippen molar-refractivity contribution in [2.75, 3.05) is 0 Å². The summed E-state index contributed by atoms with van der Waals surface area (Å²) in [6.45, 7) is 2.12. The van der Waals surface area contributed by atoms with Crippen LogP contribution in [0.25, 0.3) is 10.9 Å². The minimum Gasteiger partial charge on any atom is -0.478 e. The number of aromatic nitrogens is 1. The van der Waals surface area contributed by atoms with Crippen molar-refractivity contribution in [1.29, 1.82) is 0 Å². The van der Waals surface area contributed by atoms with E-state index >= 15 is 0 Å². The van der Waals surface area contributed by atoms with Crippen LogP contribution in [0.15, 0.2) is 24.3 Å². The Bertz CT molecular complexity index is 499. The maximum Gasteiger partial charge on any atom is 0.335 e. The fraction of sp³-hybridized carbons (Fsp3) is 0.250. The summed E-state index contributed by atoms with van der Waals surface area (Å²) in [7, 11) is 0. The third-order valence-electron chi connectivity index (χ3n) is 2.44. The van der Waals surface area contributed by atoms with E-state index < -0.39 is 5.97 Å². The third-order valence-corrected chi connectivity index (χ3v) is 2.44. The van der Waals surface area contributed by atoms with Crippen LogP contribution in [0.3, 0.4) is 0 Å². The number of hydrogen-bond donors (Lipinski definition) is 2. The molecule has 0 saturated heterocycles. The number of carboxylic acid groups (broad SMARTS) is 1. The molecule has 0 aliphatic carbocycles. The molecule has 0 aliphatic rings. The van der Waals surface area contributed by atoms with Gasteiger partial charge in [0.1, 0.15) is 0 Å². The lowest BCUT2D eigenvalue weighted by atomic mass is 10.1. The van der Waals surface area contributed by atoms with Crippen molar-refractivity contribution in [3.8, 4) is 0 Å². The lowest BCUT2D eigenvalue weighted by Crippen LogP contribution is -1.94. The number of benzene rings is 1. The summed E-state index contributed by atoms with van der Waals surface area (Å²) in [4.78, 5) is 14.0. The average molecular weight is 203 g/mol. The minimum atomic E-state index is -0.879. The van der Waals surface area contributed by atoms with Crippen LogP contribution in [0.5, 0.6) is 0 Å². The van der Waals surface area contributed by atoms with Crippen molar-refractivity contribution in [1.82, 2.24) is 4.98 Å². The highest BCUT2D eigenvalue weighted by Crippen LogP contribution is 2.18. The number of aromatic amines is 1. The zero-order valence-corrected chi connectivity index (χ0v) is 8.58. The van der Waals surface area contributed by atoms with Gasteiger partial charge in [-0.1, -0.05) is 13.3 Å². The summed E-state index contributed by atoms with van der Waals surface area (Å²) in [5.74, 6) is -0.879. The van der Waals surface area contributed by atoms with Crippen LogP contribution in [0, 0.1) is 0 Å². The lowest BCUT2D eigenvalue weighted by molar-refractivity contribution is 0.0697. The SMILES string of the molecule is CCCc1cc2cc(C(=O)O)ccc2[nH]1. The molecule has 15 heavy (non-hydrogen) atoms. The third kappa shape index (κ3) is 1.86. The highest BCUT2D eigenvalue weighted by Gasteiger charge is 2.05. The van der Waals surface area contributed by atoms with Crippen molar-refractivity contribution in [2.24, 2.45) is 0 Å². The van der Waals surface area contributed by atoms with Crippen molar-refractivity contribution >= 4 is 16.9 Å². The Morgan fingerprint density at radius 2 is 2.20 bits per heavy atom. The van der Waals surface area contributed by atoms with Crippen LogP contribution in [0.2, 0.25) is 0 Å². The molecule has 0 unspecified atom stereocenters. The van der Waals surface area contributed by atoms with Gasteiger partial charge in [-0.3, -0.25) is 0 Å². The van der Waals surface area contributed by atoms with Crippen LogP contribution >= 0.6 is 0 Å². The maximum atomic E-state index is 10.8. The van der Waals surface area contributed by atoms with Gasteiger partial charge in [0.15, 0.2) is 0 Å². The number of H-pyrrole nitrogens is 1. The van der Waals surface area contributed by atoms with E-state index in [9.17, 15) is 4.79 Å². The maximum absolute atomic E-state index is 10.8. The van der Waals surface area contributed by atoms with Gasteiger partial charge in [0.2, 0.25) is 0 Å². The summed E-state index contributed by atoms with van der Waals surface area (Å²) in [5.41, 5.74) is 2.50.